The van der Waals surface area contributed by atoms with E-state index in [1.807, 2.05) is 30.3 Å². The van der Waals surface area contributed by atoms with E-state index in [4.69, 9.17) is 21.7 Å². The van der Waals surface area contributed by atoms with Crippen LogP contribution in [0.2, 0.25) is 0 Å². The number of methoxy groups -OCH3 is 1. The predicted octanol–water partition coefficient (Wildman–Crippen LogP) is 5.35. The Morgan fingerprint density at radius 2 is 1.78 bits per heavy atom. The van der Waals surface area contributed by atoms with Crippen LogP contribution < -0.4 is 20.1 Å². The Bertz CT molecular complexity index is 1470. The smallest absolute Gasteiger partial charge is 0.339 e. The number of carboxylic acids is 1. The van der Waals surface area contributed by atoms with Crippen molar-refractivity contribution in [2.24, 2.45) is 0 Å². The number of carboxylic acid groups (broad SMARTS) is 1. The number of nitrogens with zero attached hydrogens (tertiary/aromatic N) is 1. The number of benzene rings is 3. The Morgan fingerprint density at radius 3 is 2.46 bits per heavy atom. The topological polar surface area (TPSA) is 110 Å². The molecule has 0 saturated carbocycles. The van der Waals surface area contributed by atoms with Gasteiger partial charge in [-0.1, -0.05) is 30.3 Å². The fourth-order valence-electron chi connectivity index (χ4n) is 3.47. The fourth-order valence-corrected chi connectivity index (χ4v) is 3.70. The minimum Gasteiger partial charge on any atom is -0.496 e. The average molecular weight is 542 g/mol. The molecule has 0 aliphatic heterocycles. The van der Waals surface area contributed by atoms with Gasteiger partial charge in [0.05, 0.1) is 19.0 Å². The molecule has 0 aliphatic carbocycles. The summed E-state index contributed by atoms with van der Waals surface area (Å²) in [6.45, 7) is 0. The SMILES string of the molecule is COc1cc2nccc(Oc3ccc(NC(=S)NC(=O)Cc4ccccc4)cc3F)c2cc1C(=O)O.Cl. The van der Waals surface area contributed by atoms with Gasteiger partial charge in [-0.3, -0.25) is 9.78 Å². The summed E-state index contributed by atoms with van der Waals surface area (Å²) in [5, 5.41) is 15.2. The summed E-state index contributed by atoms with van der Waals surface area (Å²) in [4.78, 5) is 28.0. The summed E-state index contributed by atoms with van der Waals surface area (Å²) < 4.78 is 25.7. The van der Waals surface area contributed by atoms with Crippen LogP contribution >= 0.6 is 24.6 Å². The highest BCUT2D eigenvalue weighted by atomic mass is 35.5. The number of anilines is 1. The van der Waals surface area contributed by atoms with Crippen molar-refractivity contribution in [2.45, 2.75) is 6.42 Å². The largest absolute Gasteiger partial charge is 0.496 e. The summed E-state index contributed by atoms with van der Waals surface area (Å²) in [6.07, 6.45) is 1.61. The molecular weight excluding hydrogens is 521 g/mol. The first-order chi connectivity index (χ1) is 17.3. The molecule has 0 atom stereocenters. The fraction of sp³-hybridized carbons (Fsp3) is 0.0769. The number of carbonyl (C=O) groups is 2. The summed E-state index contributed by atoms with van der Waals surface area (Å²) >= 11 is 5.15. The maximum atomic E-state index is 14.8. The van der Waals surface area contributed by atoms with Crippen molar-refractivity contribution < 1.29 is 28.6 Å². The molecule has 3 aromatic carbocycles. The van der Waals surface area contributed by atoms with Crippen molar-refractivity contribution in [1.29, 1.82) is 0 Å². The zero-order valence-corrected chi connectivity index (χ0v) is 21.0. The number of aromatic nitrogens is 1. The first-order valence-corrected chi connectivity index (χ1v) is 11.1. The number of pyridine rings is 1. The number of aromatic carboxylic acids is 1. The molecule has 37 heavy (non-hydrogen) atoms. The molecule has 3 N–H and O–H groups in total. The Kier molecular flexibility index (Phi) is 8.94. The van der Waals surface area contributed by atoms with Crippen LogP contribution in [0.4, 0.5) is 10.1 Å². The standard InChI is InChI=1S/C26H20FN3O5S.ClH/c1-34-23-14-20-17(13-18(23)25(32)33)21(9-10-28-20)35-22-8-7-16(12-19(22)27)29-26(36)30-24(31)11-15-5-3-2-4-6-15;/h2-10,12-14H,11H2,1H3,(H,32,33)(H2,29,30,31,36);1H. The van der Waals surface area contributed by atoms with E-state index in [-0.39, 0.29) is 52.7 Å². The molecule has 0 fully saturated rings. The lowest BCUT2D eigenvalue weighted by molar-refractivity contribution is -0.119. The van der Waals surface area contributed by atoms with Crippen LogP contribution in [-0.2, 0) is 11.2 Å². The third-order valence-corrected chi connectivity index (χ3v) is 5.33. The van der Waals surface area contributed by atoms with Gasteiger partial charge in [-0.25, -0.2) is 9.18 Å². The molecular formula is C26H21ClFN3O5S. The number of ether oxygens (including phenoxy) is 2. The number of carbonyl (C=O) groups excluding carboxylic acids is 1. The number of hydrogen-bond donors (Lipinski definition) is 3. The van der Waals surface area contributed by atoms with Crippen LogP contribution in [0.1, 0.15) is 15.9 Å². The van der Waals surface area contributed by atoms with Gasteiger partial charge < -0.3 is 25.2 Å². The van der Waals surface area contributed by atoms with Crippen LogP contribution in [0.25, 0.3) is 10.9 Å². The van der Waals surface area contributed by atoms with Crippen molar-refractivity contribution in [3.63, 3.8) is 0 Å². The Balaban J connectivity index is 0.00000380. The van der Waals surface area contributed by atoms with Crippen LogP contribution in [-0.4, -0.2) is 34.2 Å². The van der Waals surface area contributed by atoms with E-state index in [0.29, 0.717) is 16.6 Å². The van der Waals surface area contributed by atoms with Gasteiger partial charge in [0.25, 0.3) is 0 Å². The summed E-state index contributed by atoms with van der Waals surface area (Å²) in [5.74, 6) is -1.92. The summed E-state index contributed by atoms with van der Waals surface area (Å²) in [6, 6.07) is 17.6. The predicted molar refractivity (Wildman–Crippen MR) is 143 cm³/mol. The number of thiocarbonyl (C=S) groups is 1. The molecule has 1 amide bonds. The number of rotatable bonds is 7. The average Bonchev–Trinajstić information content (AvgIpc) is 2.85. The van der Waals surface area contributed by atoms with E-state index < -0.39 is 11.8 Å². The van der Waals surface area contributed by atoms with Crippen LogP contribution in [0.3, 0.4) is 0 Å². The molecule has 0 unspecified atom stereocenters. The van der Waals surface area contributed by atoms with E-state index in [0.717, 1.165) is 5.56 Å². The second kappa shape index (κ2) is 12.1. The maximum Gasteiger partial charge on any atom is 0.339 e. The molecule has 4 aromatic rings. The quantitative estimate of drug-likeness (QED) is 0.269. The van der Waals surface area contributed by atoms with Crippen LogP contribution in [0.5, 0.6) is 17.2 Å². The van der Waals surface area contributed by atoms with Gasteiger partial charge in [0.2, 0.25) is 5.91 Å². The molecule has 1 heterocycles. The van der Waals surface area contributed by atoms with Gasteiger partial charge >= 0.3 is 5.97 Å². The van der Waals surface area contributed by atoms with Crippen molar-refractivity contribution >= 4 is 58.2 Å². The molecule has 4 rings (SSSR count). The van der Waals surface area contributed by atoms with Gasteiger partial charge in [-0.2, -0.15) is 0 Å². The van der Waals surface area contributed by atoms with Crippen molar-refractivity contribution in [1.82, 2.24) is 10.3 Å². The molecule has 0 aliphatic rings. The summed E-state index contributed by atoms with van der Waals surface area (Å²) in [7, 11) is 1.36. The van der Waals surface area contributed by atoms with E-state index in [1.54, 1.807) is 0 Å². The number of halogens is 2. The van der Waals surface area contributed by atoms with Gasteiger partial charge in [0, 0.05) is 29.4 Å². The van der Waals surface area contributed by atoms with E-state index >= 15 is 0 Å². The highest BCUT2D eigenvalue weighted by Gasteiger charge is 2.17. The van der Waals surface area contributed by atoms with Crippen molar-refractivity contribution in [2.75, 3.05) is 12.4 Å². The normalized spacial score (nSPS) is 10.2. The van der Waals surface area contributed by atoms with Gasteiger partial charge in [0.15, 0.2) is 16.7 Å². The van der Waals surface area contributed by atoms with Gasteiger partial charge in [-0.15, -0.1) is 12.4 Å². The van der Waals surface area contributed by atoms with E-state index in [1.165, 1.54) is 49.7 Å². The zero-order valence-electron chi connectivity index (χ0n) is 19.4. The number of fused-ring (bicyclic) bond motifs is 1. The second-order valence-electron chi connectivity index (χ2n) is 7.60. The highest BCUT2D eigenvalue weighted by Crippen LogP contribution is 2.34. The van der Waals surface area contributed by atoms with Crippen molar-refractivity contribution in [3.8, 4) is 17.2 Å². The minimum absolute atomic E-state index is 0. The number of nitrogens with one attached hydrogen (secondary N) is 2. The zero-order chi connectivity index (χ0) is 25.7. The molecule has 0 saturated heterocycles. The molecule has 11 heteroatoms. The van der Waals surface area contributed by atoms with E-state index in [2.05, 4.69) is 15.6 Å². The monoisotopic (exact) mass is 541 g/mol. The van der Waals surface area contributed by atoms with Gasteiger partial charge in [0.1, 0.15) is 17.1 Å². The molecule has 0 bridgehead atoms. The molecule has 0 spiro atoms. The maximum absolute atomic E-state index is 14.8. The second-order valence-corrected chi connectivity index (χ2v) is 8.00. The molecule has 1 aromatic heterocycles. The number of amides is 1. The first-order valence-electron chi connectivity index (χ1n) is 10.7. The Hall–Kier alpha value is -4.28. The minimum atomic E-state index is -1.18. The van der Waals surface area contributed by atoms with Crippen LogP contribution in [0, 0.1) is 5.82 Å². The van der Waals surface area contributed by atoms with E-state index in [9.17, 15) is 19.1 Å². The van der Waals surface area contributed by atoms with Crippen molar-refractivity contribution in [3.05, 3.63) is 89.9 Å². The third-order valence-electron chi connectivity index (χ3n) is 5.12. The Labute approximate surface area is 222 Å². The Morgan fingerprint density at radius 1 is 1.03 bits per heavy atom. The lowest BCUT2D eigenvalue weighted by Gasteiger charge is -2.13. The van der Waals surface area contributed by atoms with Gasteiger partial charge in [-0.05, 0) is 42.0 Å². The lowest BCUT2D eigenvalue weighted by atomic mass is 10.1. The van der Waals surface area contributed by atoms with Crippen LogP contribution in [0.15, 0.2) is 72.9 Å². The highest BCUT2D eigenvalue weighted by molar-refractivity contribution is 7.80. The summed E-state index contributed by atoms with van der Waals surface area (Å²) in [5.41, 5.74) is 1.49. The molecule has 0 radical (unpaired) electrons. The molecule has 8 nitrogen and oxygen atoms in total. The first kappa shape index (κ1) is 27.3. The third kappa shape index (κ3) is 6.69. The number of hydrogen-bond acceptors (Lipinski definition) is 6. The molecule has 190 valence electrons. The lowest BCUT2D eigenvalue weighted by Crippen LogP contribution is -2.35.